The predicted molar refractivity (Wildman–Crippen MR) is 140 cm³/mol. The lowest BCUT2D eigenvalue weighted by molar-refractivity contribution is 0.357. The summed E-state index contributed by atoms with van der Waals surface area (Å²) in [6.07, 6.45) is 2.57. The van der Waals surface area contributed by atoms with Crippen LogP contribution in [0.15, 0.2) is 79.8 Å². The van der Waals surface area contributed by atoms with Crippen molar-refractivity contribution in [3.63, 3.8) is 0 Å². The van der Waals surface area contributed by atoms with E-state index in [-0.39, 0.29) is 23.5 Å². The Labute approximate surface area is 213 Å². The third kappa shape index (κ3) is 5.13. The molecule has 0 fully saturated rings. The van der Waals surface area contributed by atoms with Crippen molar-refractivity contribution >= 4 is 27.4 Å². The van der Waals surface area contributed by atoms with Gasteiger partial charge in [0.15, 0.2) is 4.80 Å². The highest BCUT2D eigenvalue weighted by Crippen LogP contribution is 2.23. The molecule has 0 bridgehead atoms. The molecule has 0 spiro atoms. The number of fused-ring (bicyclic) bond motifs is 1. The average Bonchev–Trinajstić information content (AvgIpc) is 3.44. The molecule has 36 heavy (non-hydrogen) atoms. The van der Waals surface area contributed by atoms with Gasteiger partial charge in [-0.05, 0) is 50.1 Å². The summed E-state index contributed by atoms with van der Waals surface area (Å²) >= 11 is 1.35. The maximum Gasteiger partial charge on any atom is 0.270 e. The van der Waals surface area contributed by atoms with Gasteiger partial charge in [-0.3, -0.25) is 14.4 Å². The van der Waals surface area contributed by atoms with Crippen molar-refractivity contribution in [2.75, 3.05) is 6.54 Å². The topological polar surface area (TPSA) is 84.9 Å². The van der Waals surface area contributed by atoms with Crippen LogP contribution in [0.2, 0.25) is 0 Å². The number of aryl methyl sites for hydroxylation is 2. The van der Waals surface area contributed by atoms with Crippen LogP contribution in [0, 0.1) is 13.8 Å². The maximum atomic E-state index is 13.6. The van der Waals surface area contributed by atoms with Crippen LogP contribution in [0.3, 0.4) is 0 Å². The molecule has 0 saturated heterocycles. The summed E-state index contributed by atoms with van der Waals surface area (Å²) in [5.74, 6) is 1.000. The van der Waals surface area contributed by atoms with E-state index in [1.165, 1.54) is 15.6 Å². The first-order chi connectivity index (χ1) is 17.3. The first-order valence-electron chi connectivity index (χ1n) is 11.8. The van der Waals surface area contributed by atoms with Crippen LogP contribution in [0.1, 0.15) is 34.6 Å². The molecule has 5 rings (SSSR count). The van der Waals surface area contributed by atoms with Crippen molar-refractivity contribution in [2.45, 2.75) is 44.8 Å². The van der Waals surface area contributed by atoms with Gasteiger partial charge in [0, 0.05) is 25.7 Å². The second-order valence-electron chi connectivity index (χ2n) is 8.96. The summed E-state index contributed by atoms with van der Waals surface area (Å²) in [5.41, 5.74) is 2.91. The first-order valence-corrected chi connectivity index (χ1v) is 14.0. The zero-order valence-corrected chi connectivity index (χ0v) is 21.8. The Morgan fingerprint density at radius 1 is 1.00 bits per heavy atom. The van der Waals surface area contributed by atoms with Gasteiger partial charge in [-0.2, -0.15) is 4.31 Å². The molecule has 0 saturated carbocycles. The van der Waals surface area contributed by atoms with Gasteiger partial charge in [0.2, 0.25) is 10.0 Å². The number of benzene rings is 2. The molecule has 186 valence electrons. The Bertz CT molecular complexity index is 1660. The van der Waals surface area contributed by atoms with Crippen molar-refractivity contribution in [3.05, 3.63) is 109 Å². The summed E-state index contributed by atoms with van der Waals surface area (Å²) in [6.45, 7) is 5.59. The standard InChI is InChI=1S/C27H27N3O4S2/c1-19-4-8-21(9-5-19)17-29(36(32,33)24-12-6-20(2)7-13-24)18-23-11-10-22(34-23)16-25-26(31)30-15-3-14-28-27(30)35-25/h4-13,16H,3,14-15,17-18H2,1-2H3/b25-16-. The Kier molecular flexibility index (Phi) is 6.79. The molecule has 7 nitrogen and oxygen atoms in total. The smallest absolute Gasteiger partial charge is 0.270 e. The molecule has 0 N–H and O–H groups in total. The van der Waals surface area contributed by atoms with Gasteiger partial charge in [-0.25, -0.2) is 8.42 Å². The van der Waals surface area contributed by atoms with Crippen molar-refractivity contribution in [3.8, 4) is 0 Å². The number of rotatable bonds is 7. The van der Waals surface area contributed by atoms with Crippen LogP contribution >= 0.6 is 11.3 Å². The van der Waals surface area contributed by atoms with E-state index in [1.54, 1.807) is 47.0 Å². The molecule has 1 aliphatic rings. The molecule has 9 heteroatoms. The minimum Gasteiger partial charge on any atom is -0.460 e. The molecule has 2 aromatic carbocycles. The van der Waals surface area contributed by atoms with E-state index in [0.717, 1.165) is 34.5 Å². The van der Waals surface area contributed by atoms with E-state index in [1.807, 2.05) is 38.1 Å². The highest BCUT2D eigenvalue weighted by atomic mass is 32.2. The van der Waals surface area contributed by atoms with Crippen LogP contribution in [0.4, 0.5) is 0 Å². The van der Waals surface area contributed by atoms with Gasteiger partial charge in [0.25, 0.3) is 5.56 Å². The zero-order valence-electron chi connectivity index (χ0n) is 20.2. The molecular weight excluding hydrogens is 494 g/mol. The number of aromatic nitrogens is 1. The SMILES string of the molecule is Cc1ccc(CN(Cc2ccc(/C=c3\sc4n(c3=O)CCCN=4)o2)S(=O)(=O)c2ccc(C)cc2)cc1. The van der Waals surface area contributed by atoms with Crippen molar-refractivity contribution in [2.24, 2.45) is 4.99 Å². The third-order valence-corrected chi connectivity index (χ3v) is 8.95. The molecule has 0 atom stereocenters. The summed E-state index contributed by atoms with van der Waals surface area (Å²) in [7, 11) is -3.78. The summed E-state index contributed by atoms with van der Waals surface area (Å²) in [6, 6.07) is 18.2. The molecule has 4 aromatic rings. The lowest BCUT2D eigenvalue weighted by Gasteiger charge is -2.21. The molecule has 0 radical (unpaired) electrons. The van der Waals surface area contributed by atoms with E-state index >= 15 is 0 Å². The predicted octanol–water partition coefficient (Wildman–Crippen LogP) is 3.36. The molecular formula is C27H27N3O4S2. The summed E-state index contributed by atoms with van der Waals surface area (Å²) < 4.78 is 36.8. The van der Waals surface area contributed by atoms with Gasteiger partial charge in [-0.1, -0.05) is 58.9 Å². The van der Waals surface area contributed by atoms with Crippen molar-refractivity contribution in [1.82, 2.24) is 8.87 Å². The van der Waals surface area contributed by atoms with Crippen molar-refractivity contribution < 1.29 is 12.8 Å². The second kappa shape index (κ2) is 10.0. The van der Waals surface area contributed by atoms with Gasteiger partial charge in [0.05, 0.1) is 16.0 Å². The van der Waals surface area contributed by atoms with Crippen LogP contribution in [0.25, 0.3) is 6.08 Å². The first kappa shape index (κ1) is 24.4. The second-order valence-corrected chi connectivity index (χ2v) is 11.9. The Morgan fingerprint density at radius 3 is 2.39 bits per heavy atom. The number of hydrogen-bond acceptors (Lipinski definition) is 6. The largest absolute Gasteiger partial charge is 0.460 e. The molecule has 2 aromatic heterocycles. The number of nitrogens with zero attached hydrogens (tertiary/aromatic N) is 3. The monoisotopic (exact) mass is 521 g/mol. The van der Waals surface area contributed by atoms with E-state index in [0.29, 0.717) is 22.6 Å². The van der Waals surface area contributed by atoms with E-state index in [9.17, 15) is 13.2 Å². The summed E-state index contributed by atoms with van der Waals surface area (Å²) in [5, 5.41) is 0. The number of thiazole rings is 1. The van der Waals surface area contributed by atoms with Gasteiger partial charge >= 0.3 is 0 Å². The minimum atomic E-state index is -3.78. The van der Waals surface area contributed by atoms with E-state index < -0.39 is 10.0 Å². The Balaban J connectivity index is 1.46. The van der Waals surface area contributed by atoms with Gasteiger partial charge in [-0.15, -0.1) is 0 Å². The molecule has 0 amide bonds. The highest BCUT2D eigenvalue weighted by Gasteiger charge is 2.26. The van der Waals surface area contributed by atoms with E-state index in [4.69, 9.17) is 4.42 Å². The lowest BCUT2D eigenvalue weighted by Crippen LogP contribution is -2.33. The van der Waals surface area contributed by atoms with Gasteiger partial charge in [0.1, 0.15) is 11.5 Å². The molecule has 0 aliphatic carbocycles. The van der Waals surface area contributed by atoms with Crippen LogP contribution in [-0.4, -0.2) is 23.8 Å². The van der Waals surface area contributed by atoms with Crippen LogP contribution in [0.5, 0.6) is 0 Å². The Hall–Kier alpha value is -3.27. The zero-order chi connectivity index (χ0) is 25.3. The molecule has 0 unspecified atom stereocenters. The minimum absolute atomic E-state index is 0.0627. The van der Waals surface area contributed by atoms with Gasteiger partial charge < -0.3 is 4.42 Å². The highest BCUT2D eigenvalue weighted by molar-refractivity contribution is 7.89. The lowest BCUT2D eigenvalue weighted by atomic mass is 10.1. The normalized spacial score (nSPS) is 14.1. The average molecular weight is 522 g/mol. The Morgan fingerprint density at radius 2 is 1.69 bits per heavy atom. The fourth-order valence-corrected chi connectivity index (χ4v) is 6.47. The van der Waals surface area contributed by atoms with Crippen molar-refractivity contribution in [1.29, 1.82) is 0 Å². The number of furan rings is 1. The molecule has 3 heterocycles. The number of sulfonamides is 1. The fraction of sp³-hybridized carbons (Fsp3) is 0.259. The van der Waals surface area contributed by atoms with Crippen LogP contribution in [-0.2, 0) is 29.7 Å². The number of hydrogen-bond donors (Lipinski definition) is 0. The molecule has 1 aliphatic heterocycles. The van der Waals surface area contributed by atoms with Crippen LogP contribution < -0.4 is 14.9 Å². The van der Waals surface area contributed by atoms with E-state index in [2.05, 4.69) is 4.99 Å². The third-order valence-electron chi connectivity index (χ3n) is 6.10. The fourth-order valence-electron chi connectivity index (χ4n) is 4.07. The maximum absolute atomic E-state index is 13.6. The quantitative estimate of drug-likeness (QED) is 0.373. The summed E-state index contributed by atoms with van der Waals surface area (Å²) in [4.78, 5) is 18.1.